The van der Waals surface area contributed by atoms with E-state index in [4.69, 9.17) is 5.73 Å². The van der Waals surface area contributed by atoms with Crippen molar-refractivity contribution in [3.05, 3.63) is 5.69 Å². The highest BCUT2D eigenvalue weighted by molar-refractivity contribution is 7.99. The van der Waals surface area contributed by atoms with Gasteiger partial charge in [-0.05, 0) is 32.6 Å². The Bertz CT molecular complexity index is 416. The largest absolute Gasteiger partial charge is 0.382 e. The van der Waals surface area contributed by atoms with Crippen molar-refractivity contribution in [2.75, 3.05) is 11.5 Å². The van der Waals surface area contributed by atoms with Crippen LogP contribution in [0, 0.1) is 12.8 Å². The van der Waals surface area contributed by atoms with Gasteiger partial charge in [-0.25, -0.2) is 9.97 Å². The second-order valence-electron chi connectivity index (χ2n) is 4.67. The highest BCUT2D eigenvalue weighted by Gasteiger charge is 2.16. The van der Waals surface area contributed by atoms with Crippen molar-refractivity contribution in [1.82, 2.24) is 9.97 Å². The molecule has 0 radical (unpaired) electrons. The van der Waals surface area contributed by atoms with Gasteiger partial charge in [0.1, 0.15) is 5.69 Å². The summed E-state index contributed by atoms with van der Waals surface area (Å²) >= 11 is 1.72. The van der Waals surface area contributed by atoms with E-state index in [2.05, 4.69) is 15.0 Å². The Morgan fingerprint density at radius 3 is 2.72 bits per heavy atom. The Labute approximate surface area is 113 Å². The van der Waals surface area contributed by atoms with E-state index in [-0.39, 0.29) is 0 Å². The van der Waals surface area contributed by atoms with Gasteiger partial charge in [-0.1, -0.05) is 24.6 Å². The van der Waals surface area contributed by atoms with Gasteiger partial charge in [0.15, 0.2) is 11.0 Å². The quantitative estimate of drug-likeness (QED) is 0.514. The van der Waals surface area contributed by atoms with Gasteiger partial charge in [0.05, 0.1) is 5.69 Å². The fraction of sp³-hybridized carbons (Fsp3) is 0.615. The molecule has 0 amide bonds. The van der Waals surface area contributed by atoms with E-state index in [0.29, 0.717) is 11.5 Å². The minimum absolute atomic E-state index is 0.481. The summed E-state index contributed by atoms with van der Waals surface area (Å²) in [6, 6.07) is 0. The molecule has 18 heavy (non-hydrogen) atoms. The van der Waals surface area contributed by atoms with Gasteiger partial charge in [-0.15, -0.1) is 0 Å². The highest BCUT2D eigenvalue weighted by Crippen LogP contribution is 2.31. The average Bonchev–Trinajstić information content (AvgIpc) is 2.84. The minimum atomic E-state index is 0.481. The number of thioether (sulfide) groups is 1. The van der Waals surface area contributed by atoms with Crippen LogP contribution in [0.2, 0.25) is 0 Å². The van der Waals surface area contributed by atoms with Gasteiger partial charge in [0, 0.05) is 12.0 Å². The van der Waals surface area contributed by atoms with Crippen molar-refractivity contribution in [3.8, 4) is 0 Å². The Kier molecular flexibility index (Phi) is 4.58. The van der Waals surface area contributed by atoms with E-state index in [0.717, 1.165) is 22.5 Å². The standard InChI is InChI=1S/C13H20N4S/c1-3-15-11-9(2)16-13(17-12(11)14)18-8-10-6-4-5-7-10/h3,10H,4-8H2,1-2H3,(H2,14,16,17). The second-order valence-corrected chi connectivity index (χ2v) is 5.66. The normalized spacial score (nSPS) is 16.8. The zero-order valence-electron chi connectivity index (χ0n) is 11.0. The first-order valence-corrected chi connectivity index (χ1v) is 7.45. The van der Waals surface area contributed by atoms with Gasteiger partial charge in [0.2, 0.25) is 0 Å². The molecule has 1 heterocycles. The van der Waals surface area contributed by atoms with Crippen molar-refractivity contribution in [2.45, 2.75) is 44.7 Å². The van der Waals surface area contributed by atoms with E-state index in [9.17, 15) is 0 Å². The van der Waals surface area contributed by atoms with Gasteiger partial charge in [-0.3, -0.25) is 4.99 Å². The Morgan fingerprint density at radius 2 is 2.11 bits per heavy atom. The van der Waals surface area contributed by atoms with Crippen molar-refractivity contribution >= 4 is 29.5 Å². The van der Waals surface area contributed by atoms with Crippen molar-refractivity contribution in [2.24, 2.45) is 10.9 Å². The lowest BCUT2D eigenvalue weighted by atomic mass is 10.1. The molecule has 1 aromatic heterocycles. The molecule has 0 spiro atoms. The van der Waals surface area contributed by atoms with Gasteiger partial charge in [0.25, 0.3) is 0 Å². The third kappa shape index (κ3) is 3.22. The van der Waals surface area contributed by atoms with Crippen LogP contribution in [0.5, 0.6) is 0 Å². The molecule has 0 atom stereocenters. The van der Waals surface area contributed by atoms with Crippen LogP contribution in [-0.2, 0) is 0 Å². The molecular formula is C13H20N4S. The van der Waals surface area contributed by atoms with Gasteiger partial charge >= 0.3 is 0 Å². The zero-order valence-corrected chi connectivity index (χ0v) is 11.8. The number of aromatic nitrogens is 2. The third-order valence-electron chi connectivity index (χ3n) is 3.25. The van der Waals surface area contributed by atoms with Crippen molar-refractivity contribution in [1.29, 1.82) is 0 Å². The van der Waals surface area contributed by atoms with E-state index in [1.54, 1.807) is 18.0 Å². The molecule has 1 aliphatic rings. The van der Waals surface area contributed by atoms with E-state index in [1.807, 2.05) is 13.8 Å². The van der Waals surface area contributed by atoms with E-state index in [1.165, 1.54) is 25.7 Å². The molecular weight excluding hydrogens is 244 g/mol. The van der Waals surface area contributed by atoms with Gasteiger partial charge < -0.3 is 5.73 Å². The van der Waals surface area contributed by atoms with Crippen molar-refractivity contribution < 1.29 is 0 Å². The number of nitrogens with zero attached hydrogens (tertiary/aromatic N) is 3. The predicted octanol–water partition coefficient (Wildman–Crippen LogP) is 3.37. The number of nitrogen functional groups attached to an aromatic ring is 1. The summed E-state index contributed by atoms with van der Waals surface area (Å²) in [6.45, 7) is 3.79. The van der Waals surface area contributed by atoms with Crippen LogP contribution < -0.4 is 5.73 Å². The molecule has 0 saturated heterocycles. The van der Waals surface area contributed by atoms with Crippen LogP contribution in [0.1, 0.15) is 38.3 Å². The SMILES string of the molecule is CC=Nc1c(C)nc(SCC2CCCC2)nc1N. The molecule has 0 aliphatic heterocycles. The molecule has 1 aromatic rings. The summed E-state index contributed by atoms with van der Waals surface area (Å²) in [6.07, 6.45) is 7.15. The predicted molar refractivity (Wildman–Crippen MR) is 77.7 cm³/mol. The molecule has 0 unspecified atom stereocenters. The molecule has 98 valence electrons. The van der Waals surface area contributed by atoms with E-state index < -0.39 is 0 Å². The summed E-state index contributed by atoms with van der Waals surface area (Å²) < 4.78 is 0. The molecule has 1 aliphatic carbocycles. The lowest BCUT2D eigenvalue weighted by molar-refractivity contribution is 0.622. The molecule has 1 fully saturated rings. The fourth-order valence-corrected chi connectivity index (χ4v) is 3.37. The summed E-state index contributed by atoms with van der Waals surface area (Å²) in [5.41, 5.74) is 7.47. The van der Waals surface area contributed by atoms with Crippen LogP contribution in [0.25, 0.3) is 0 Å². The summed E-state index contributed by atoms with van der Waals surface area (Å²) in [5, 5.41) is 0.784. The summed E-state index contributed by atoms with van der Waals surface area (Å²) in [5.74, 6) is 2.41. The molecule has 2 N–H and O–H groups in total. The number of anilines is 1. The minimum Gasteiger partial charge on any atom is -0.382 e. The van der Waals surface area contributed by atoms with Crippen LogP contribution in [0.15, 0.2) is 10.1 Å². The molecule has 0 aromatic carbocycles. The highest BCUT2D eigenvalue weighted by atomic mass is 32.2. The van der Waals surface area contributed by atoms with Crippen LogP contribution in [0.3, 0.4) is 0 Å². The zero-order chi connectivity index (χ0) is 13.0. The van der Waals surface area contributed by atoms with Crippen LogP contribution in [0.4, 0.5) is 11.5 Å². The molecule has 4 nitrogen and oxygen atoms in total. The number of hydrogen-bond donors (Lipinski definition) is 1. The summed E-state index contributed by atoms with van der Waals surface area (Å²) in [7, 11) is 0. The smallest absolute Gasteiger partial charge is 0.189 e. The maximum absolute atomic E-state index is 5.91. The van der Waals surface area contributed by atoms with Crippen LogP contribution in [-0.4, -0.2) is 21.9 Å². The lowest BCUT2D eigenvalue weighted by Crippen LogP contribution is -2.01. The Balaban J connectivity index is 2.05. The first-order chi connectivity index (χ1) is 8.70. The maximum atomic E-state index is 5.91. The van der Waals surface area contributed by atoms with Crippen LogP contribution >= 0.6 is 11.8 Å². The Hall–Kier alpha value is -1.10. The molecule has 2 rings (SSSR count). The Morgan fingerprint density at radius 1 is 1.39 bits per heavy atom. The fourth-order valence-electron chi connectivity index (χ4n) is 2.29. The maximum Gasteiger partial charge on any atom is 0.189 e. The molecule has 1 saturated carbocycles. The number of hydrogen-bond acceptors (Lipinski definition) is 5. The van der Waals surface area contributed by atoms with Crippen molar-refractivity contribution in [3.63, 3.8) is 0 Å². The molecule has 5 heteroatoms. The first-order valence-electron chi connectivity index (χ1n) is 6.46. The number of aliphatic imine (C=N–C) groups is 1. The molecule has 0 bridgehead atoms. The average molecular weight is 264 g/mol. The number of rotatable bonds is 4. The monoisotopic (exact) mass is 264 g/mol. The summed E-state index contributed by atoms with van der Waals surface area (Å²) in [4.78, 5) is 13.0. The third-order valence-corrected chi connectivity index (χ3v) is 4.32. The first kappa shape index (κ1) is 13.3. The topological polar surface area (TPSA) is 64.2 Å². The lowest BCUT2D eigenvalue weighted by Gasteiger charge is -2.09. The van der Waals surface area contributed by atoms with Gasteiger partial charge in [-0.2, -0.15) is 0 Å². The number of aryl methyl sites for hydroxylation is 1. The van der Waals surface area contributed by atoms with E-state index >= 15 is 0 Å². The second kappa shape index (κ2) is 6.18. The number of nitrogens with two attached hydrogens (primary N) is 1.